The summed E-state index contributed by atoms with van der Waals surface area (Å²) in [5.41, 5.74) is 2.65. The number of nitrogens with one attached hydrogen (secondary N) is 1. The highest BCUT2D eigenvalue weighted by Crippen LogP contribution is 2.46. The first-order valence-electron chi connectivity index (χ1n) is 10.3. The summed E-state index contributed by atoms with van der Waals surface area (Å²) in [4.78, 5) is 19.9. The number of hydrogen-bond donors (Lipinski definition) is 1. The van der Waals surface area contributed by atoms with E-state index < -0.39 is 0 Å². The van der Waals surface area contributed by atoms with E-state index in [4.69, 9.17) is 9.47 Å². The topological polar surface area (TPSA) is 63.7 Å². The van der Waals surface area contributed by atoms with E-state index >= 15 is 0 Å². The normalized spacial score (nSPS) is 20.5. The molecule has 1 fully saturated rings. The van der Waals surface area contributed by atoms with Gasteiger partial charge in [-0.15, -0.1) is 11.3 Å². The summed E-state index contributed by atoms with van der Waals surface area (Å²) in [5.74, 6) is 1.24. The van der Waals surface area contributed by atoms with E-state index in [9.17, 15) is 4.79 Å². The molecule has 6 nitrogen and oxygen atoms in total. The van der Waals surface area contributed by atoms with Crippen molar-refractivity contribution in [3.63, 3.8) is 0 Å². The number of amides is 2. The van der Waals surface area contributed by atoms with Crippen LogP contribution in [0.3, 0.4) is 0 Å². The van der Waals surface area contributed by atoms with E-state index in [1.165, 1.54) is 11.1 Å². The van der Waals surface area contributed by atoms with Crippen molar-refractivity contribution in [3.05, 3.63) is 70.2 Å². The first-order valence-corrected chi connectivity index (χ1v) is 11.1. The number of carbonyl (C=O) groups is 1. The standard InChI is InChI=1S/C24H27N3O3S/c1-16-5-7-18(8-6-16)24(22-25-12-14-31-22)11-13-27(17(24)2)23(28)26-20-15-19(29-3)9-10-21(20)30-4/h5-10,12,14-15,17H,11,13H2,1-4H3,(H,26,28)/t17?,24-/m1/s1. The maximum Gasteiger partial charge on any atom is 0.322 e. The van der Waals surface area contributed by atoms with E-state index in [-0.39, 0.29) is 17.5 Å². The highest BCUT2D eigenvalue weighted by Gasteiger charge is 2.50. The smallest absolute Gasteiger partial charge is 0.322 e. The number of nitrogens with zero attached hydrogens (tertiary/aromatic N) is 2. The average Bonchev–Trinajstić information content (AvgIpc) is 3.43. The zero-order chi connectivity index (χ0) is 22.0. The zero-order valence-electron chi connectivity index (χ0n) is 18.2. The van der Waals surface area contributed by atoms with Gasteiger partial charge in [0.2, 0.25) is 0 Å². The molecule has 1 aliphatic heterocycles. The number of aryl methyl sites for hydroxylation is 1. The number of methoxy groups -OCH3 is 2. The van der Waals surface area contributed by atoms with Gasteiger partial charge in [0, 0.05) is 30.2 Å². The van der Waals surface area contributed by atoms with Crippen LogP contribution >= 0.6 is 11.3 Å². The van der Waals surface area contributed by atoms with Crippen LogP contribution in [0, 0.1) is 6.92 Å². The molecule has 162 valence electrons. The Morgan fingerprint density at radius 2 is 1.97 bits per heavy atom. The quantitative estimate of drug-likeness (QED) is 0.605. The molecule has 0 aliphatic carbocycles. The number of aromatic nitrogens is 1. The summed E-state index contributed by atoms with van der Waals surface area (Å²) < 4.78 is 10.7. The molecule has 1 aliphatic rings. The minimum Gasteiger partial charge on any atom is -0.497 e. The van der Waals surface area contributed by atoms with Crippen molar-refractivity contribution in [3.8, 4) is 11.5 Å². The van der Waals surface area contributed by atoms with Crippen LogP contribution in [0.1, 0.15) is 29.5 Å². The third kappa shape index (κ3) is 3.74. The van der Waals surface area contributed by atoms with E-state index in [1.54, 1.807) is 43.8 Å². The highest BCUT2D eigenvalue weighted by atomic mass is 32.1. The SMILES string of the molecule is COc1ccc(OC)c(NC(=O)N2CC[C@@](c3ccc(C)cc3)(c3nccs3)C2C)c1. The molecule has 1 aromatic heterocycles. The first-order chi connectivity index (χ1) is 15.0. The van der Waals surface area contributed by atoms with Crippen molar-refractivity contribution in [2.45, 2.75) is 31.7 Å². The fourth-order valence-corrected chi connectivity index (χ4v) is 5.40. The Kier molecular flexibility index (Phi) is 5.87. The largest absolute Gasteiger partial charge is 0.497 e. The van der Waals surface area contributed by atoms with Crippen molar-refractivity contribution in [2.75, 3.05) is 26.1 Å². The fraction of sp³-hybridized carbons (Fsp3) is 0.333. The van der Waals surface area contributed by atoms with Crippen LogP contribution in [0.2, 0.25) is 0 Å². The molecule has 4 rings (SSSR count). The molecule has 1 unspecified atom stereocenters. The number of carbonyl (C=O) groups excluding carboxylic acids is 1. The Labute approximate surface area is 186 Å². The molecule has 0 saturated carbocycles. The predicted molar refractivity (Wildman–Crippen MR) is 123 cm³/mol. The second-order valence-corrected chi connectivity index (χ2v) is 8.68. The van der Waals surface area contributed by atoms with Crippen LogP contribution in [-0.4, -0.2) is 42.7 Å². The molecular formula is C24H27N3O3S. The number of ether oxygens (including phenoxy) is 2. The van der Waals surface area contributed by atoms with Crippen molar-refractivity contribution in [1.29, 1.82) is 0 Å². The van der Waals surface area contributed by atoms with Gasteiger partial charge in [0.05, 0.1) is 25.3 Å². The molecule has 0 bridgehead atoms. The number of benzene rings is 2. The Morgan fingerprint density at radius 3 is 2.61 bits per heavy atom. The third-order valence-electron chi connectivity index (χ3n) is 6.22. The average molecular weight is 438 g/mol. The molecule has 7 heteroatoms. The minimum absolute atomic E-state index is 0.0713. The van der Waals surface area contributed by atoms with Gasteiger partial charge in [-0.2, -0.15) is 0 Å². The van der Waals surface area contributed by atoms with Crippen LogP contribution in [0.15, 0.2) is 54.0 Å². The van der Waals surface area contributed by atoms with Crippen LogP contribution in [-0.2, 0) is 5.41 Å². The number of urea groups is 1. The van der Waals surface area contributed by atoms with Gasteiger partial charge in [-0.3, -0.25) is 0 Å². The van der Waals surface area contributed by atoms with E-state index in [2.05, 4.69) is 48.4 Å². The number of hydrogen-bond acceptors (Lipinski definition) is 5. The van der Waals surface area contributed by atoms with Gasteiger partial charge in [0.1, 0.15) is 16.5 Å². The predicted octanol–water partition coefficient (Wildman–Crippen LogP) is 5.08. The van der Waals surface area contributed by atoms with E-state index in [1.807, 2.05) is 16.5 Å². The molecule has 1 N–H and O–H groups in total. The van der Waals surface area contributed by atoms with Gasteiger partial charge >= 0.3 is 6.03 Å². The summed E-state index contributed by atoms with van der Waals surface area (Å²) in [6.45, 7) is 4.82. The summed E-state index contributed by atoms with van der Waals surface area (Å²) in [6, 6.07) is 13.7. The Balaban J connectivity index is 1.66. The summed E-state index contributed by atoms with van der Waals surface area (Å²) >= 11 is 1.64. The summed E-state index contributed by atoms with van der Waals surface area (Å²) in [7, 11) is 3.18. The maximum absolute atomic E-state index is 13.3. The van der Waals surface area contributed by atoms with E-state index in [0.717, 1.165) is 11.4 Å². The second-order valence-electron chi connectivity index (χ2n) is 7.79. The van der Waals surface area contributed by atoms with Crippen molar-refractivity contribution < 1.29 is 14.3 Å². The molecule has 2 heterocycles. The van der Waals surface area contributed by atoms with Crippen molar-refractivity contribution in [2.24, 2.45) is 0 Å². The lowest BCUT2D eigenvalue weighted by molar-refractivity contribution is 0.202. The van der Waals surface area contributed by atoms with Crippen molar-refractivity contribution in [1.82, 2.24) is 9.88 Å². The second kappa shape index (κ2) is 8.59. The molecule has 2 aromatic carbocycles. The molecule has 31 heavy (non-hydrogen) atoms. The van der Waals surface area contributed by atoms with Gasteiger partial charge in [-0.25, -0.2) is 9.78 Å². The molecule has 0 radical (unpaired) electrons. The molecule has 1 saturated heterocycles. The number of thiazole rings is 1. The minimum atomic E-state index is -0.336. The summed E-state index contributed by atoms with van der Waals surface area (Å²) in [5, 5.41) is 6.06. The van der Waals surface area contributed by atoms with Gasteiger partial charge in [0.25, 0.3) is 0 Å². The fourth-order valence-electron chi connectivity index (χ4n) is 4.43. The number of likely N-dealkylation sites (tertiary alicyclic amines) is 1. The van der Waals surface area contributed by atoms with Gasteiger partial charge in [-0.05, 0) is 38.0 Å². The van der Waals surface area contributed by atoms with Crippen LogP contribution < -0.4 is 14.8 Å². The van der Waals surface area contributed by atoms with Gasteiger partial charge in [0.15, 0.2) is 0 Å². The summed E-state index contributed by atoms with van der Waals surface area (Å²) in [6.07, 6.45) is 2.65. The molecule has 0 spiro atoms. The van der Waals surface area contributed by atoms with Crippen molar-refractivity contribution >= 4 is 23.1 Å². The molecule has 3 aromatic rings. The molecular weight excluding hydrogens is 410 g/mol. The highest BCUT2D eigenvalue weighted by molar-refractivity contribution is 7.09. The first kappa shape index (κ1) is 21.2. The van der Waals surface area contributed by atoms with Gasteiger partial charge < -0.3 is 19.7 Å². The zero-order valence-corrected chi connectivity index (χ0v) is 19.0. The number of anilines is 1. The van der Waals surface area contributed by atoms with Crippen LogP contribution in [0.25, 0.3) is 0 Å². The molecule has 2 atom stereocenters. The van der Waals surface area contributed by atoms with Crippen LogP contribution in [0.5, 0.6) is 11.5 Å². The Bertz CT molecular complexity index is 1050. The number of rotatable bonds is 5. The van der Waals surface area contributed by atoms with Gasteiger partial charge in [-0.1, -0.05) is 29.8 Å². The lowest BCUT2D eigenvalue weighted by atomic mass is 9.75. The molecule has 2 amide bonds. The monoisotopic (exact) mass is 437 g/mol. The van der Waals surface area contributed by atoms with E-state index in [0.29, 0.717) is 23.7 Å². The third-order valence-corrected chi connectivity index (χ3v) is 7.17. The van der Waals surface area contributed by atoms with Crippen LogP contribution in [0.4, 0.5) is 10.5 Å². The maximum atomic E-state index is 13.3. The Morgan fingerprint density at radius 1 is 1.19 bits per heavy atom. The lowest BCUT2D eigenvalue weighted by Gasteiger charge is -2.35. The Hall–Kier alpha value is -3.06. The lowest BCUT2D eigenvalue weighted by Crippen LogP contribution is -2.45.